The molecule has 0 spiro atoms. The summed E-state index contributed by atoms with van der Waals surface area (Å²) in [6.45, 7) is 8.52. The number of likely N-dealkylation sites (N-methyl/N-ethyl adjacent to an activating group) is 1. The fourth-order valence-corrected chi connectivity index (χ4v) is 6.47. The van der Waals surface area contributed by atoms with Crippen molar-refractivity contribution in [1.82, 2.24) is 20.0 Å². The van der Waals surface area contributed by atoms with E-state index in [4.69, 9.17) is 23.2 Å². The van der Waals surface area contributed by atoms with E-state index in [2.05, 4.69) is 29.0 Å². The van der Waals surface area contributed by atoms with Crippen LogP contribution >= 0.6 is 23.2 Å². The van der Waals surface area contributed by atoms with E-state index in [0.717, 1.165) is 37.1 Å². The summed E-state index contributed by atoms with van der Waals surface area (Å²) in [4.78, 5) is 34.4. The molecule has 2 aliphatic rings. The molecule has 2 aromatic rings. The molecule has 2 aromatic carbocycles. The molecular formula is C32H44Cl2FN5O2. The Hall–Kier alpha value is -2.39. The van der Waals surface area contributed by atoms with Gasteiger partial charge >= 0.3 is 0 Å². The SMILES string of the molecule is CC(C)CC(NCCN(C)C)c1cccc(F)c1N1CCN(C(=O)C(Cc2ccc(Cl)cc2Cl)N2CCCC2=O)CC1. The average molecular weight is 621 g/mol. The molecule has 1 N–H and O–H groups in total. The van der Waals surface area contributed by atoms with Gasteiger partial charge in [0.05, 0.1) is 5.69 Å². The summed E-state index contributed by atoms with van der Waals surface area (Å²) >= 11 is 12.6. The van der Waals surface area contributed by atoms with Crippen molar-refractivity contribution in [1.29, 1.82) is 0 Å². The standard InChI is InChI=1S/C32H44Cl2FN5O2/c1-22(2)19-28(36-12-14-37(3)4)25-7-5-8-27(35)31(25)38-15-17-39(18-16-38)32(42)29(40-13-6-9-30(40)41)20-23-10-11-24(33)21-26(23)34/h5,7-8,10-11,21-22,28-29,36H,6,9,12-20H2,1-4H3. The number of amides is 2. The largest absolute Gasteiger partial charge is 0.365 e. The number of hydrogen-bond acceptors (Lipinski definition) is 5. The number of anilines is 1. The predicted molar refractivity (Wildman–Crippen MR) is 169 cm³/mol. The van der Waals surface area contributed by atoms with Gasteiger partial charge in [-0.15, -0.1) is 0 Å². The molecule has 2 amide bonds. The fourth-order valence-electron chi connectivity index (χ4n) is 5.99. The van der Waals surface area contributed by atoms with Crippen LogP contribution in [-0.4, -0.2) is 92.5 Å². The highest BCUT2D eigenvalue weighted by atomic mass is 35.5. The second-order valence-corrected chi connectivity index (χ2v) is 12.9. The molecule has 230 valence electrons. The lowest BCUT2D eigenvalue weighted by Crippen LogP contribution is -2.56. The smallest absolute Gasteiger partial charge is 0.245 e. The number of piperazine rings is 1. The second kappa shape index (κ2) is 14.9. The molecule has 4 rings (SSSR count). The summed E-state index contributed by atoms with van der Waals surface area (Å²) in [5, 5.41) is 4.67. The normalized spacial score (nSPS) is 17.5. The van der Waals surface area contributed by atoms with Gasteiger partial charge in [-0.1, -0.05) is 55.2 Å². The summed E-state index contributed by atoms with van der Waals surface area (Å²) in [5.41, 5.74) is 2.36. The highest BCUT2D eigenvalue weighted by Gasteiger charge is 2.37. The minimum absolute atomic E-state index is 0.00830. The van der Waals surface area contributed by atoms with E-state index in [-0.39, 0.29) is 23.7 Å². The van der Waals surface area contributed by atoms with Crippen LogP contribution < -0.4 is 10.2 Å². The lowest BCUT2D eigenvalue weighted by molar-refractivity contribution is -0.143. The Bertz CT molecular complexity index is 1240. The first-order chi connectivity index (χ1) is 20.0. The van der Waals surface area contributed by atoms with Gasteiger partial charge < -0.3 is 24.9 Å². The first-order valence-corrected chi connectivity index (χ1v) is 15.7. The molecule has 2 saturated heterocycles. The number of hydrogen-bond donors (Lipinski definition) is 1. The van der Waals surface area contributed by atoms with Crippen molar-refractivity contribution < 1.29 is 14.0 Å². The second-order valence-electron chi connectivity index (χ2n) is 12.1. The number of nitrogens with zero attached hydrogens (tertiary/aromatic N) is 4. The molecule has 0 bridgehead atoms. The average Bonchev–Trinajstić information content (AvgIpc) is 3.36. The highest BCUT2D eigenvalue weighted by molar-refractivity contribution is 6.35. The molecule has 0 aliphatic carbocycles. The molecule has 0 aromatic heterocycles. The van der Waals surface area contributed by atoms with Crippen LogP contribution in [0.1, 0.15) is 50.3 Å². The molecule has 2 fully saturated rings. The van der Waals surface area contributed by atoms with Gasteiger partial charge in [-0.25, -0.2) is 4.39 Å². The number of nitrogens with one attached hydrogen (secondary N) is 1. The maximum Gasteiger partial charge on any atom is 0.245 e. The Morgan fingerprint density at radius 3 is 2.43 bits per heavy atom. The van der Waals surface area contributed by atoms with Gasteiger partial charge in [0.1, 0.15) is 11.9 Å². The zero-order valence-electron chi connectivity index (χ0n) is 25.2. The van der Waals surface area contributed by atoms with E-state index < -0.39 is 6.04 Å². The lowest BCUT2D eigenvalue weighted by atomic mass is 9.94. The summed E-state index contributed by atoms with van der Waals surface area (Å²) in [6.07, 6.45) is 2.40. The molecule has 2 heterocycles. The topological polar surface area (TPSA) is 59.1 Å². The summed E-state index contributed by atoms with van der Waals surface area (Å²) in [5.74, 6) is 0.0962. The Balaban J connectivity index is 1.51. The number of benzene rings is 2. The quantitative estimate of drug-likeness (QED) is 0.351. The van der Waals surface area contributed by atoms with Crippen molar-refractivity contribution in [2.45, 2.75) is 51.6 Å². The minimum atomic E-state index is -0.634. The van der Waals surface area contributed by atoms with E-state index in [9.17, 15) is 9.59 Å². The molecule has 0 radical (unpaired) electrons. The first kappa shape index (κ1) is 32.5. The third-order valence-electron chi connectivity index (χ3n) is 8.16. The Kier molecular flexibility index (Phi) is 11.5. The number of halogens is 3. The number of rotatable bonds is 12. The van der Waals surface area contributed by atoms with Gasteiger partial charge in [-0.3, -0.25) is 9.59 Å². The van der Waals surface area contributed by atoms with Crippen LogP contribution in [0.25, 0.3) is 0 Å². The summed E-state index contributed by atoms with van der Waals surface area (Å²) in [7, 11) is 4.09. The van der Waals surface area contributed by atoms with Gasteiger partial charge in [-0.05, 0) is 62.2 Å². The summed E-state index contributed by atoms with van der Waals surface area (Å²) < 4.78 is 15.5. The predicted octanol–water partition coefficient (Wildman–Crippen LogP) is 5.25. The zero-order valence-corrected chi connectivity index (χ0v) is 26.7. The van der Waals surface area contributed by atoms with Crippen LogP contribution in [0, 0.1) is 11.7 Å². The van der Waals surface area contributed by atoms with E-state index in [1.165, 1.54) is 6.07 Å². The van der Waals surface area contributed by atoms with E-state index >= 15 is 4.39 Å². The third-order valence-corrected chi connectivity index (χ3v) is 8.74. The molecule has 42 heavy (non-hydrogen) atoms. The van der Waals surface area contributed by atoms with Crippen molar-refractivity contribution >= 4 is 40.7 Å². The maximum atomic E-state index is 15.5. The molecule has 0 saturated carbocycles. The number of carbonyl (C=O) groups excluding carboxylic acids is 2. The molecule has 10 heteroatoms. The van der Waals surface area contributed by atoms with Gasteiger partial charge in [-0.2, -0.15) is 0 Å². The van der Waals surface area contributed by atoms with Gasteiger partial charge in [0.25, 0.3) is 0 Å². The molecule has 2 unspecified atom stereocenters. The maximum absolute atomic E-state index is 15.5. The fraction of sp³-hybridized carbons (Fsp3) is 0.562. The molecular weight excluding hydrogens is 576 g/mol. The number of likely N-dealkylation sites (tertiary alicyclic amines) is 1. The van der Waals surface area contributed by atoms with Crippen molar-refractivity contribution in [3.05, 3.63) is 63.4 Å². The third kappa shape index (κ3) is 8.16. The highest BCUT2D eigenvalue weighted by Crippen LogP contribution is 2.34. The van der Waals surface area contributed by atoms with Crippen LogP contribution in [0.4, 0.5) is 10.1 Å². The van der Waals surface area contributed by atoms with Crippen LogP contribution in [0.2, 0.25) is 10.0 Å². The zero-order chi connectivity index (χ0) is 30.4. The van der Waals surface area contributed by atoms with Crippen LogP contribution in [0.15, 0.2) is 36.4 Å². The van der Waals surface area contributed by atoms with Gasteiger partial charge in [0, 0.05) is 74.7 Å². The minimum Gasteiger partial charge on any atom is -0.365 e. The van der Waals surface area contributed by atoms with Crippen LogP contribution in [0.5, 0.6) is 0 Å². The molecule has 2 aliphatic heterocycles. The lowest BCUT2D eigenvalue weighted by Gasteiger charge is -2.40. The van der Waals surface area contributed by atoms with Crippen molar-refractivity contribution in [3.8, 4) is 0 Å². The Morgan fingerprint density at radius 2 is 1.81 bits per heavy atom. The van der Waals surface area contributed by atoms with Gasteiger partial charge in [0.15, 0.2) is 0 Å². The Morgan fingerprint density at radius 1 is 1.07 bits per heavy atom. The number of carbonyl (C=O) groups is 2. The van der Waals surface area contributed by atoms with E-state index in [0.29, 0.717) is 67.2 Å². The molecule has 2 atom stereocenters. The Labute approximate surface area is 259 Å². The monoisotopic (exact) mass is 619 g/mol. The van der Waals surface area contributed by atoms with Crippen molar-refractivity contribution in [3.63, 3.8) is 0 Å². The first-order valence-electron chi connectivity index (χ1n) is 15.0. The van der Waals surface area contributed by atoms with Gasteiger partial charge in [0.2, 0.25) is 11.8 Å². The van der Waals surface area contributed by atoms with Crippen molar-refractivity contribution in [2.24, 2.45) is 5.92 Å². The molecule has 7 nitrogen and oxygen atoms in total. The van der Waals surface area contributed by atoms with E-state index in [1.54, 1.807) is 23.1 Å². The number of para-hydroxylation sites is 1. The van der Waals surface area contributed by atoms with E-state index in [1.807, 2.05) is 31.1 Å². The van der Waals surface area contributed by atoms with Crippen molar-refractivity contribution in [2.75, 3.05) is 64.8 Å². The summed E-state index contributed by atoms with van der Waals surface area (Å²) in [6, 6.07) is 9.96. The van der Waals surface area contributed by atoms with Crippen LogP contribution in [-0.2, 0) is 16.0 Å². The van der Waals surface area contributed by atoms with Crippen LogP contribution in [0.3, 0.4) is 0 Å².